The van der Waals surface area contributed by atoms with Gasteiger partial charge in [0, 0.05) is 0 Å². The van der Waals surface area contributed by atoms with Crippen LogP contribution in [0.5, 0.6) is 0 Å². The minimum atomic E-state index is 0.536. The quantitative estimate of drug-likeness (QED) is 0.461. The fourth-order valence-electron chi connectivity index (χ4n) is 0.707. The molecule has 0 aromatic heterocycles. The van der Waals surface area contributed by atoms with Crippen LogP contribution in [0.15, 0.2) is 73.3 Å². The smallest absolute Gasteiger partial charge is 0.120 e. The molecule has 0 aliphatic carbocycles. The summed E-state index contributed by atoms with van der Waals surface area (Å²) in [7, 11) is 0. The summed E-state index contributed by atoms with van der Waals surface area (Å²) in [6, 6.07) is 0. The Morgan fingerprint density at radius 2 is 1.07 bits per heavy atom. The molecule has 0 aliphatic rings. The van der Waals surface area contributed by atoms with Crippen LogP contribution in [-0.2, 0) is 4.74 Å². The SMILES string of the molecule is C=C(C)/C=C\C(=C)OC(=C)/C=C\C(=C)C. The molecule has 15 heavy (non-hydrogen) atoms. The fourth-order valence-corrected chi connectivity index (χ4v) is 0.707. The van der Waals surface area contributed by atoms with E-state index in [1.54, 1.807) is 12.2 Å². The Labute approximate surface area is 92.5 Å². The lowest BCUT2D eigenvalue weighted by Crippen LogP contribution is -1.85. The first kappa shape index (κ1) is 13.2. The maximum absolute atomic E-state index is 5.31. The van der Waals surface area contributed by atoms with Gasteiger partial charge in [-0.05, 0) is 26.0 Å². The van der Waals surface area contributed by atoms with Gasteiger partial charge >= 0.3 is 0 Å². The monoisotopic (exact) mass is 202 g/mol. The summed E-state index contributed by atoms with van der Waals surface area (Å²) >= 11 is 0. The molecule has 0 fully saturated rings. The molecule has 80 valence electrons. The van der Waals surface area contributed by atoms with Gasteiger partial charge in [-0.25, -0.2) is 0 Å². The van der Waals surface area contributed by atoms with Crippen molar-refractivity contribution in [1.82, 2.24) is 0 Å². The Morgan fingerprint density at radius 1 is 0.733 bits per heavy atom. The summed E-state index contributed by atoms with van der Waals surface area (Å²) in [4.78, 5) is 0. The topological polar surface area (TPSA) is 9.23 Å². The van der Waals surface area contributed by atoms with Crippen LogP contribution < -0.4 is 0 Å². The first-order chi connectivity index (χ1) is 6.91. The molecular formula is C14H18O. The Bertz CT molecular complexity index is 306. The van der Waals surface area contributed by atoms with Crippen molar-refractivity contribution in [2.75, 3.05) is 0 Å². The van der Waals surface area contributed by atoms with E-state index in [2.05, 4.69) is 26.3 Å². The van der Waals surface area contributed by atoms with Gasteiger partial charge in [0.25, 0.3) is 0 Å². The third-order valence-corrected chi connectivity index (χ3v) is 1.37. The lowest BCUT2D eigenvalue weighted by Gasteiger charge is -2.03. The maximum Gasteiger partial charge on any atom is 0.120 e. The van der Waals surface area contributed by atoms with Crippen LogP contribution in [0, 0.1) is 0 Å². The molecule has 0 saturated carbocycles. The van der Waals surface area contributed by atoms with Gasteiger partial charge in [-0.15, -0.1) is 0 Å². The predicted octanol–water partition coefficient (Wildman–Crippen LogP) is 4.30. The molecule has 0 unspecified atom stereocenters. The Morgan fingerprint density at radius 3 is 1.33 bits per heavy atom. The van der Waals surface area contributed by atoms with Crippen molar-refractivity contribution in [3.63, 3.8) is 0 Å². The second-order valence-electron chi connectivity index (χ2n) is 3.39. The number of allylic oxidation sites excluding steroid dienone is 6. The Hall–Kier alpha value is -1.76. The third kappa shape index (κ3) is 8.57. The van der Waals surface area contributed by atoms with Gasteiger partial charge in [0.2, 0.25) is 0 Å². The van der Waals surface area contributed by atoms with Crippen molar-refractivity contribution in [3.8, 4) is 0 Å². The van der Waals surface area contributed by atoms with Crippen molar-refractivity contribution in [2.45, 2.75) is 13.8 Å². The van der Waals surface area contributed by atoms with Crippen molar-refractivity contribution >= 4 is 0 Å². The zero-order valence-corrected chi connectivity index (χ0v) is 9.55. The molecule has 1 nitrogen and oxygen atoms in total. The maximum atomic E-state index is 5.31. The molecule has 0 bridgehead atoms. The van der Waals surface area contributed by atoms with E-state index in [9.17, 15) is 0 Å². The molecule has 0 radical (unpaired) electrons. The van der Waals surface area contributed by atoms with E-state index < -0.39 is 0 Å². The Kier molecular flexibility index (Phi) is 5.88. The zero-order valence-electron chi connectivity index (χ0n) is 9.55. The van der Waals surface area contributed by atoms with E-state index in [1.807, 2.05) is 26.0 Å². The van der Waals surface area contributed by atoms with E-state index in [4.69, 9.17) is 4.74 Å². The molecule has 0 N–H and O–H groups in total. The lowest BCUT2D eigenvalue weighted by atomic mass is 10.3. The van der Waals surface area contributed by atoms with E-state index in [0.29, 0.717) is 11.5 Å². The molecule has 0 aromatic rings. The van der Waals surface area contributed by atoms with Gasteiger partial charge in [-0.1, -0.05) is 49.6 Å². The summed E-state index contributed by atoms with van der Waals surface area (Å²) in [6.45, 7) is 18.7. The average molecular weight is 202 g/mol. The summed E-state index contributed by atoms with van der Waals surface area (Å²) in [5, 5.41) is 0. The second-order valence-corrected chi connectivity index (χ2v) is 3.39. The van der Waals surface area contributed by atoms with Crippen LogP contribution in [0.25, 0.3) is 0 Å². The molecule has 0 rings (SSSR count). The minimum Gasteiger partial charge on any atom is -0.459 e. The number of rotatable bonds is 6. The number of ether oxygens (including phenoxy) is 1. The third-order valence-electron chi connectivity index (χ3n) is 1.37. The van der Waals surface area contributed by atoms with Gasteiger partial charge in [-0.3, -0.25) is 0 Å². The summed E-state index contributed by atoms with van der Waals surface area (Å²) < 4.78 is 5.31. The van der Waals surface area contributed by atoms with Crippen LogP contribution in [0.1, 0.15) is 13.8 Å². The molecule has 1 heteroatoms. The van der Waals surface area contributed by atoms with E-state index in [0.717, 1.165) is 11.1 Å². The van der Waals surface area contributed by atoms with Gasteiger partial charge in [-0.2, -0.15) is 0 Å². The normalized spacial score (nSPS) is 10.5. The summed E-state index contributed by atoms with van der Waals surface area (Å²) in [5.74, 6) is 1.07. The van der Waals surface area contributed by atoms with Crippen LogP contribution in [0.4, 0.5) is 0 Å². The van der Waals surface area contributed by atoms with Gasteiger partial charge in [0.05, 0.1) is 0 Å². The molecule has 0 atom stereocenters. The van der Waals surface area contributed by atoms with Crippen LogP contribution >= 0.6 is 0 Å². The van der Waals surface area contributed by atoms with Crippen molar-refractivity contribution in [1.29, 1.82) is 0 Å². The van der Waals surface area contributed by atoms with Crippen molar-refractivity contribution in [3.05, 3.63) is 73.3 Å². The highest BCUT2D eigenvalue weighted by Crippen LogP contribution is 2.07. The van der Waals surface area contributed by atoms with Gasteiger partial charge < -0.3 is 4.74 Å². The highest BCUT2D eigenvalue weighted by molar-refractivity contribution is 5.24. The van der Waals surface area contributed by atoms with Gasteiger partial charge in [0.15, 0.2) is 0 Å². The summed E-state index contributed by atoms with van der Waals surface area (Å²) in [6.07, 6.45) is 7.17. The zero-order chi connectivity index (χ0) is 11.8. The van der Waals surface area contributed by atoms with Crippen molar-refractivity contribution < 1.29 is 4.74 Å². The molecule has 0 amide bonds. The van der Waals surface area contributed by atoms with Crippen LogP contribution in [-0.4, -0.2) is 0 Å². The highest BCUT2D eigenvalue weighted by Gasteiger charge is 1.91. The van der Waals surface area contributed by atoms with Crippen LogP contribution in [0.2, 0.25) is 0 Å². The minimum absolute atomic E-state index is 0.536. The molecule has 0 spiro atoms. The van der Waals surface area contributed by atoms with E-state index in [-0.39, 0.29) is 0 Å². The standard InChI is InChI=1S/C14H18O/c1-11(2)7-9-13(5)15-14(6)10-8-12(3)4/h7-10H,1,3,5-6H2,2,4H3/b9-7-,10-8-. The van der Waals surface area contributed by atoms with Crippen molar-refractivity contribution in [2.24, 2.45) is 0 Å². The molecule has 0 saturated heterocycles. The number of hydrogen-bond acceptors (Lipinski definition) is 1. The summed E-state index contributed by atoms with van der Waals surface area (Å²) in [5.41, 5.74) is 1.89. The number of hydrogen-bond donors (Lipinski definition) is 0. The first-order valence-corrected chi connectivity index (χ1v) is 4.64. The Balaban J connectivity index is 4.14. The molecule has 0 heterocycles. The van der Waals surface area contributed by atoms with Crippen LogP contribution in [0.3, 0.4) is 0 Å². The lowest BCUT2D eigenvalue weighted by molar-refractivity contribution is 0.340. The van der Waals surface area contributed by atoms with E-state index >= 15 is 0 Å². The largest absolute Gasteiger partial charge is 0.459 e. The second kappa shape index (κ2) is 6.66. The van der Waals surface area contributed by atoms with Gasteiger partial charge in [0.1, 0.15) is 11.5 Å². The first-order valence-electron chi connectivity index (χ1n) is 4.64. The molecule has 0 aromatic carbocycles. The van der Waals surface area contributed by atoms with E-state index in [1.165, 1.54) is 0 Å². The predicted molar refractivity (Wildman–Crippen MR) is 67.3 cm³/mol. The molecular weight excluding hydrogens is 184 g/mol. The fraction of sp³-hybridized carbons (Fsp3) is 0.143. The molecule has 0 aliphatic heterocycles. The highest BCUT2D eigenvalue weighted by atomic mass is 16.5. The average Bonchev–Trinajstić information content (AvgIpc) is 2.11.